The van der Waals surface area contributed by atoms with Gasteiger partial charge in [0, 0.05) is 29.2 Å². The Hall–Kier alpha value is -1.24. The fraction of sp³-hybridized carbons (Fsp3) is 0.308. The molecule has 0 aliphatic heterocycles. The van der Waals surface area contributed by atoms with E-state index in [2.05, 4.69) is 4.98 Å². The molecule has 7 heteroatoms. The van der Waals surface area contributed by atoms with Gasteiger partial charge in [-0.25, -0.2) is 13.8 Å². The van der Waals surface area contributed by atoms with E-state index < -0.39 is 11.6 Å². The van der Waals surface area contributed by atoms with Gasteiger partial charge < -0.3 is 5.73 Å². The summed E-state index contributed by atoms with van der Waals surface area (Å²) in [6, 6.07) is 3.54. The molecule has 110 valence electrons. The lowest BCUT2D eigenvalue weighted by Crippen LogP contribution is -2.23. The number of nitrogens with two attached hydrogens (primary N) is 1. The van der Waals surface area contributed by atoms with Crippen molar-refractivity contribution in [3.05, 3.63) is 46.5 Å². The van der Waals surface area contributed by atoms with Gasteiger partial charge in [0.15, 0.2) is 5.13 Å². The molecule has 1 aromatic heterocycles. The molecular weight excluding hydrogens is 304 g/mol. The smallest absolute Gasteiger partial charge is 0.180 e. The van der Waals surface area contributed by atoms with E-state index in [1.165, 1.54) is 29.5 Å². The van der Waals surface area contributed by atoms with Gasteiger partial charge >= 0.3 is 0 Å². The molecule has 2 N–H and O–H groups in total. The summed E-state index contributed by atoms with van der Waals surface area (Å²) in [6.07, 6.45) is 1.68. The van der Waals surface area contributed by atoms with E-state index in [0.717, 1.165) is 4.88 Å². The van der Waals surface area contributed by atoms with Gasteiger partial charge in [-0.2, -0.15) is 0 Å². The molecule has 0 radical (unpaired) electrons. The highest BCUT2D eigenvalue weighted by molar-refractivity contribution is 7.15. The van der Waals surface area contributed by atoms with Gasteiger partial charge in [-0.1, -0.05) is 6.07 Å². The second kappa shape index (κ2) is 6.97. The van der Waals surface area contributed by atoms with Crippen molar-refractivity contribution in [2.45, 2.75) is 19.5 Å². The van der Waals surface area contributed by atoms with Crippen molar-refractivity contribution in [1.82, 2.24) is 9.88 Å². The average Bonchev–Trinajstić information content (AvgIpc) is 2.74. The molecule has 0 bridgehead atoms. The monoisotopic (exact) mass is 319 g/mol. The third-order valence-corrected chi connectivity index (χ3v) is 3.87. The van der Waals surface area contributed by atoms with E-state index in [9.17, 15) is 8.78 Å². The first kappa shape index (κ1) is 16.8. The number of benzene rings is 1. The number of rotatable bonds is 4. The zero-order valence-electron chi connectivity index (χ0n) is 11.1. The predicted molar refractivity (Wildman–Crippen MR) is 80.0 cm³/mol. The predicted octanol–water partition coefficient (Wildman–Crippen LogP) is 3.62. The average molecular weight is 320 g/mol. The summed E-state index contributed by atoms with van der Waals surface area (Å²) in [5.74, 6) is -1.05. The molecule has 1 atom stereocenters. The number of halogens is 3. The van der Waals surface area contributed by atoms with Crippen LogP contribution in [-0.4, -0.2) is 16.9 Å². The molecule has 0 aliphatic carbocycles. The van der Waals surface area contributed by atoms with Crippen LogP contribution in [0.1, 0.15) is 23.4 Å². The van der Waals surface area contributed by atoms with Crippen LogP contribution >= 0.6 is 23.7 Å². The summed E-state index contributed by atoms with van der Waals surface area (Å²) in [7, 11) is 1.81. The number of hydrogen-bond donors (Lipinski definition) is 1. The minimum atomic E-state index is -0.525. The highest BCUT2D eigenvalue weighted by atomic mass is 35.5. The molecule has 0 fully saturated rings. The molecule has 0 saturated carbocycles. The first-order valence-corrected chi connectivity index (χ1v) is 6.65. The molecule has 1 unspecified atom stereocenters. The Bertz CT molecular complexity index is 556. The van der Waals surface area contributed by atoms with Crippen molar-refractivity contribution >= 4 is 28.9 Å². The van der Waals surface area contributed by atoms with Crippen LogP contribution < -0.4 is 5.73 Å². The molecular formula is C13H16ClF2N3S. The number of nitrogen functional groups attached to an aromatic ring is 1. The molecule has 20 heavy (non-hydrogen) atoms. The second-order valence-corrected chi connectivity index (χ2v) is 5.54. The quantitative estimate of drug-likeness (QED) is 0.936. The van der Waals surface area contributed by atoms with Crippen LogP contribution in [0.25, 0.3) is 0 Å². The maximum absolute atomic E-state index is 13.7. The summed E-state index contributed by atoms with van der Waals surface area (Å²) >= 11 is 1.37. The Balaban J connectivity index is 0.00000200. The molecule has 2 aromatic rings. The molecule has 0 spiro atoms. The van der Waals surface area contributed by atoms with Crippen molar-refractivity contribution in [3.63, 3.8) is 0 Å². The van der Waals surface area contributed by atoms with Gasteiger partial charge in [-0.15, -0.1) is 23.7 Å². The Morgan fingerprint density at radius 2 is 1.95 bits per heavy atom. The normalized spacial score (nSPS) is 12.2. The van der Waals surface area contributed by atoms with Crippen molar-refractivity contribution in [1.29, 1.82) is 0 Å². The van der Waals surface area contributed by atoms with Crippen molar-refractivity contribution in [2.75, 3.05) is 12.8 Å². The highest BCUT2D eigenvalue weighted by Gasteiger charge is 2.20. The van der Waals surface area contributed by atoms with Gasteiger partial charge in [0.25, 0.3) is 0 Å². The number of anilines is 1. The van der Waals surface area contributed by atoms with E-state index >= 15 is 0 Å². The fourth-order valence-electron chi connectivity index (χ4n) is 1.91. The molecule has 0 amide bonds. The highest BCUT2D eigenvalue weighted by Crippen LogP contribution is 2.27. The summed E-state index contributed by atoms with van der Waals surface area (Å²) in [5, 5.41) is 0.494. The fourth-order valence-corrected chi connectivity index (χ4v) is 2.66. The lowest BCUT2D eigenvalue weighted by Gasteiger charge is -2.25. The molecule has 1 heterocycles. The maximum Gasteiger partial charge on any atom is 0.180 e. The summed E-state index contributed by atoms with van der Waals surface area (Å²) in [5.41, 5.74) is 5.64. The van der Waals surface area contributed by atoms with Crippen LogP contribution in [0.4, 0.5) is 13.9 Å². The van der Waals surface area contributed by atoms with Crippen LogP contribution in [0.5, 0.6) is 0 Å². The van der Waals surface area contributed by atoms with E-state index in [-0.39, 0.29) is 24.0 Å². The van der Waals surface area contributed by atoms with Crippen molar-refractivity contribution in [2.24, 2.45) is 0 Å². The topological polar surface area (TPSA) is 42.2 Å². The summed E-state index contributed by atoms with van der Waals surface area (Å²) in [4.78, 5) is 6.78. The second-order valence-electron chi connectivity index (χ2n) is 4.39. The number of aromatic nitrogens is 1. The van der Waals surface area contributed by atoms with E-state index in [1.807, 2.05) is 11.9 Å². The van der Waals surface area contributed by atoms with Crippen molar-refractivity contribution in [3.8, 4) is 0 Å². The van der Waals surface area contributed by atoms with Gasteiger partial charge in [-0.3, -0.25) is 4.90 Å². The minimum absolute atomic E-state index is 0. The van der Waals surface area contributed by atoms with Crippen LogP contribution in [-0.2, 0) is 6.54 Å². The third-order valence-electron chi connectivity index (χ3n) is 3.06. The first-order chi connectivity index (χ1) is 8.99. The molecule has 2 rings (SSSR count). The van der Waals surface area contributed by atoms with E-state index in [4.69, 9.17) is 5.73 Å². The van der Waals surface area contributed by atoms with Gasteiger partial charge in [0.2, 0.25) is 0 Å². The zero-order valence-corrected chi connectivity index (χ0v) is 12.8. The Labute approximate surface area is 126 Å². The Morgan fingerprint density at radius 1 is 1.35 bits per heavy atom. The van der Waals surface area contributed by atoms with E-state index in [1.54, 1.807) is 13.1 Å². The van der Waals surface area contributed by atoms with Crippen LogP contribution in [0.3, 0.4) is 0 Å². The van der Waals surface area contributed by atoms with Gasteiger partial charge in [0.05, 0.1) is 0 Å². The maximum atomic E-state index is 13.7. The number of nitrogens with zero attached hydrogens (tertiary/aromatic N) is 2. The number of hydrogen-bond acceptors (Lipinski definition) is 4. The standard InChI is InChI=1S/C13H15F2N3S.ClH/c1-8(12-10(14)4-3-5-11(12)15)18(2)7-9-6-17-13(16)19-9;/h3-6,8H,7H2,1-2H3,(H2,16,17);1H. The summed E-state index contributed by atoms with van der Waals surface area (Å²) < 4.78 is 27.4. The van der Waals surface area contributed by atoms with Crippen LogP contribution in [0.2, 0.25) is 0 Å². The van der Waals surface area contributed by atoms with Crippen molar-refractivity contribution < 1.29 is 8.78 Å². The molecule has 3 nitrogen and oxygen atoms in total. The summed E-state index contributed by atoms with van der Waals surface area (Å²) in [6.45, 7) is 2.32. The minimum Gasteiger partial charge on any atom is -0.375 e. The van der Waals surface area contributed by atoms with Crippen LogP contribution in [0, 0.1) is 11.6 Å². The lowest BCUT2D eigenvalue weighted by molar-refractivity contribution is 0.244. The Kier molecular flexibility index (Phi) is 5.86. The first-order valence-electron chi connectivity index (χ1n) is 5.83. The zero-order chi connectivity index (χ0) is 14.0. The molecule has 0 aliphatic rings. The number of thiazole rings is 1. The SMILES string of the molecule is CC(c1c(F)cccc1F)N(C)Cc1cnc(N)s1.Cl. The Morgan fingerprint density at radius 3 is 2.45 bits per heavy atom. The lowest BCUT2D eigenvalue weighted by atomic mass is 10.1. The largest absolute Gasteiger partial charge is 0.375 e. The van der Waals surface area contributed by atoms with E-state index in [0.29, 0.717) is 11.7 Å². The molecule has 0 saturated heterocycles. The van der Waals surface area contributed by atoms with Gasteiger partial charge in [-0.05, 0) is 26.1 Å². The third kappa shape index (κ3) is 3.65. The van der Waals surface area contributed by atoms with Gasteiger partial charge in [0.1, 0.15) is 11.6 Å². The molecule has 1 aromatic carbocycles. The van der Waals surface area contributed by atoms with Crippen LogP contribution in [0.15, 0.2) is 24.4 Å².